The number of rotatable bonds is 5. The van der Waals surface area contributed by atoms with E-state index in [4.69, 9.17) is 5.11 Å². The standard InChI is InChI=1S/C11H21NO2/c1-8(2)9(10(13)14)12-7-11(3)5-4-6-11/h8-9,12H,4-7H2,1-3H3,(H,13,14). The van der Waals surface area contributed by atoms with Gasteiger partial charge in [-0.15, -0.1) is 0 Å². The van der Waals surface area contributed by atoms with Crippen molar-refractivity contribution in [3.05, 3.63) is 0 Å². The van der Waals surface area contributed by atoms with Crippen molar-refractivity contribution in [3.8, 4) is 0 Å². The third kappa shape index (κ3) is 2.71. The highest BCUT2D eigenvalue weighted by atomic mass is 16.4. The Bertz CT molecular complexity index is 209. The van der Waals surface area contributed by atoms with Crippen LogP contribution in [0.15, 0.2) is 0 Å². The van der Waals surface area contributed by atoms with Crippen molar-refractivity contribution in [2.24, 2.45) is 11.3 Å². The first kappa shape index (κ1) is 11.5. The van der Waals surface area contributed by atoms with E-state index in [1.54, 1.807) is 0 Å². The summed E-state index contributed by atoms with van der Waals surface area (Å²) >= 11 is 0. The lowest BCUT2D eigenvalue weighted by molar-refractivity contribution is -0.140. The number of hydrogen-bond acceptors (Lipinski definition) is 2. The summed E-state index contributed by atoms with van der Waals surface area (Å²) in [5.41, 5.74) is 0.350. The van der Waals surface area contributed by atoms with E-state index in [2.05, 4.69) is 12.2 Å². The molecule has 0 amide bonds. The Balaban J connectivity index is 2.36. The minimum atomic E-state index is -0.733. The van der Waals surface area contributed by atoms with E-state index in [0.717, 1.165) is 6.54 Å². The summed E-state index contributed by atoms with van der Waals surface area (Å²) in [5.74, 6) is -0.584. The molecule has 2 N–H and O–H groups in total. The Hall–Kier alpha value is -0.570. The third-order valence-electron chi connectivity index (χ3n) is 3.24. The van der Waals surface area contributed by atoms with Gasteiger partial charge in [0.2, 0.25) is 0 Å². The van der Waals surface area contributed by atoms with Gasteiger partial charge in [0, 0.05) is 6.54 Å². The van der Waals surface area contributed by atoms with E-state index < -0.39 is 12.0 Å². The second kappa shape index (κ2) is 4.30. The summed E-state index contributed by atoms with van der Waals surface area (Å²) < 4.78 is 0. The van der Waals surface area contributed by atoms with E-state index >= 15 is 0 Å². The monoisotopic (exact) mass is 199 g/mol. The maximum absolute atomic E-state index is 10.9. The van der Waals surface area contributed by atoms with Gasteiger partial charge in [0.25, 0.3) is 0 Å². The first-order valence-electron chi connectivity index (χ1n) is 5.41. The van der Waals surface area contributed by atoms with Crippen LogP contribution in [0.1, 0.15) is 40.0 Å². The quantitative estimate of drug-likeness (QED) is 0.710. The molecule has 1 aliphatic carbocycles. The fraction of sp³-hybridized carbons (Fsp3) is 0.909. The highest BCUT2D eigenvalue weighted by molar-refractivity contribution is 5.73. The third-order valence-corrected chi connectivity index (χ3v) is 3.24. The largest absolute Gasteiger partial charge is 0.480 e. The number of carboxylic acid groups (broad SMARTS) is 1. The molecule has 1 aliphatic rings. The molecule has 1 rings (SSSR count). The number of nitrogens with one attached hydrogen (secondary N) is 1. The lowest BCUT2D eigenvalue weighted by Gasteiger charge is -2.39. The van der Waals surface area contributed by atoms with Gasteiger partial charge in [0.1, 0.15) is 6.04 Å². The van der Waals surface area contributed by atoms with Crippen LogP contribution >= 0.6 is 0 Å². The molecule has 0 spiro atoms. The van der Waals surface area contributed by atoms with Gasteiger partial charge in [0.15, 0.2) is 0 Å². The lowest BCUT2D eigenvalue weighted by Crippen LogP contribution is -2.47. The summed E-state index contributed by atoms with van der Waals surface area (Å²) in [7, 11) is 0. The Morgan fingerprint density at radius 1 is 1.50 bits per heavy atom. The smallest absolute Gasteiger partial charge is 0.320 e. The van der Waals surface area contributed by atoms with Crippen molar-refractivity contribution in [2.45, 2.75) is 46.1 Å². The summed E-state index contributed by atoms with van der Waals surface area (Å²) in [4.78, 5) is 10.9. The number of aliphatic carboxylic acids is 1. The second-order valence-electron chi connectivity index (χ2n) is 5.11. The van der Waals surface area contributed by atoms with Gasteiger partial charge >= 0.3 is 5.97 Å². The Kier molecular flexibility index (Phi) is 3.53. The molecular formula is C11H21NO2. The van der Waals surface area contributed by atoms with E-state index in [9.17, 15) is 4.79 Å². The van der Waals surface area contributed by atoms with Crippen molar-refractivity contribution in [1.29, 1.82) is 0 Å². The predicted molar refractivity (Wildman–Crippen MR) is 56.2 cm³/mol. The summed E-state index contributed by atoms with van der Waals surface area (Å²) in [6.45, 7) is 6.94. The summed E-state index contributed by atoms with van der Waals surface area (Å²) in [6, 6.07) is -0.396. The molecule has 0 saturated heterocycles. The van der Waals surface area contributed by atoms with Crippen LogP contribution in [-0.4, -0.2) is 23.7 Å². The molecule has 1 saturated carbocycles. The highest BCUT2D eigenvalue weighted by Gasteiger charge is 2.33. The first-order valence-corrected chi connectivity index (χ1v) is 5.41. The zero-order valence-corrected chi connectivity index (χ0v) is 9.34. The molecule has 1 fully saturated rings. The Morgan fingerprint density at radius 3 is 2.36 bits per heavy atom. The zero-order chi connectivity index (χ0) is 10.8. The van der Waals surface area contributed by atoms with Gasteiger partial charge in [-0.2, -0.15) is 0 Å². The van der Waals surface area contributed by atoms with Crippen LogP contribution in [-0.2, 0) is 4.79 Å². The molecule has 0 radical (unpaired) electrons. The van der Waals surface area contributed by atoms with Crippen LogP contribution in [0.5, 0.6) is 0 Å². The van der Waals surface area contributed by atoms with E-state index in [0.29, 0.717) is 5.41 Å². The van der Waals surface area contributed by atoms with E-state index in [1.165, 1.54) is 19.3 Å². The van der Waals surface area contributed by atoms with Gasteiger partial charge in [-0.3, -0.25) is 4.79 Å². The maximum Gasteiger partial charge on any atom is 0.320 e. The van der Waals surface area contributed by atoms with Crippen LogP contribution in [0.2, 0.25) is 0 Å². The Morgan fingerprint density at radius 2 is 2.07 bits per heavy atom. The summed E-state index contributed by atoms with van der Waals surface area (Å²) in [6.07, 6.45) is 3.74. The molecule has 1 unspecified atom stereocenters. The van der Waals surface area contributed by atoms with Crippen molar-refractivity contribution in [2.75, 3.05) is 6.54 Å². The highest BCUT2D eigenvalue weighted by Crippen LogP contribution is 2.39. The average Bonchev–Trinajstić information content (AvgIpc) is 2.00. The number of hydrogen-bond donors (Lipinski definition) is 2. The minimum absolute atomic E-state index is 0.149. The molecule has 1 atom stereocenters. The van der Waals surface area contributed by atoms with Crippen LogP contribution in [0, 0.1) is 11.3 Å². The molecular weight excluding hydrogens is 178 g/mol. The topological polar surface area (TPSA) is 49.3 Å². The average molecular weight is 199 g/mol. The number of carboxylic acids is 1. The van der Waals surface area contributed by atoms with Crippen molar-refractivity contribution >= 4 is 5.97 Å². The van der Waals surface area contributed by atoms with Gasteiger partial charge < -0.3 is 10.4 Å². The van der Waals surface area contributed by atoms with Crippen molar-refractivity contribution in [3.63, 3.8) is 0 Å². The van der Waals surface area contributed by atoms with Gasteiger partial charge in [-0.05, 0) is 24.2 Å². The lowest BCUT2D eigenvalue weighted by atomic mass is 9.70. The second-order valence-corrected chi connectivity index (χ2v) is 5.11. The molecule has 0 bridgehead atoms. The molecule has 0 heterocycles. The molecule has 3 nitrogen and oxygen atoms in total. The molecule has 0 aromatic heterocycles. The fourth-order valence-electron chi connectivity index (χ4n) is 1.92. The van der Waals surface area contributed by atoms with Crippen LogP contribution in [0.3, 0.4) is 0 Å². The molecule has 0 aliphatic heterocycles. The summed E-state index contributed by atoms with van der Waals surface area (Å²) in [5, 5.41) is 12.1. The maximum atomic E-state index is 10.9. The number of carbonyl (C=O) groups is 1. The van der Waals surface area contributed by atoms with Gasteiger partial charge in [-0.1, -0.05) is 27.2 Å². The van der Waals surface area contributed by atoms with Gasteiger partial charge in [0.05, 0.1) is 0 Å². The SMILES string of the molecule is CC(C)C(NCC1(C)CCC1)C(=O)O. The Labute approximate surface area is 85.9 Å². The molecule has 3 heteroatoms. The van der Waals surface area contributed by atoms with Crippen molar-refractivity contribution < 1.29 is 9.90 Å². The first-order chi connectivity index (χ1) is 6.44. The van der Waals surface area contributed by atoms with Gasteiger partial charge in [-0.25, -0.2) is 0 Å². The van der Waals surface area contributed by atoms with Crippen molar-refractivity contribution in [1.82, 2.24) is 5.32 Å². The molecule has 0 aromatic rings. The normalized spacial score (nSPS) is 21.7. The molecule has 82 valence electrons. The predicted octanol–water partition coefficient (Wildman–Crippen LogP) is 1.88. The molecule has 0 aromatic carbocycles. The minimum Gasteiger partial charge on any atom is -0.480 e. The van der Waals surface area contributed by atoms with E-state index in [-0.39, 0.29) is 5.92 Å². The van der Waals surface area contributed by atoms with E-state index in [1.807, 2.05) is 13.8 Å². The fourth-order valence-corrected chi connectivity index (χ4v) is 1.92. The van der Waals surface area contributed by atoms with Crippen LogP contribution in [0.4, 0.5) is 0 Å². The van der Waals surface area contributed by atoms with Crippen LogP contribution < -0.4 is 5.32 Å². The van der Waals surface area contributed by atoms with Crippen LogP contribution in [0.25, 0.3) is 0 Å². The zero-order valence-electron chi connectivity index (χ0n) is 9.34. The molecule has 14 heavy (non-hydrogen) atoms.